The normalized spacial score (nSPS) is 26.4. The molecule has 3 fully saturated rings. The van der Waals surface area contributed by atoms with E-state index in [4.69, 9.17) is 11.6 Å². The van der Waals surface area contributed by atoms with E-state index < -0.39 is 0 Å². The van der Waals surface area contributed by atoms with Crippen LogP contribution >= 0.6 is 11.6 Å². The first-order valence-corrected chi connectivity index (χ1v) is 18.2. The van der Waals surface area contributed by atoms with Crippen LogP contribution in [0.2, 0.25) is 5.02 Å². The highest BCUT2D eigenvalue weighted by atomic mass is 35.5. The Kier molecular flexibility index (Phi) is 10.9. The van der Waals surface area contributed by atoms with Crippen molar-refractivity contribution in [1.82, 2.24) is 24.9 Å². The maximum absolute atomic E-state index is 14.3. The number of hydrogen-bond donors (Lipinski definition) is 1. The second-order valence-corrected chi connectivity index (χ2v) is 15.2. The van der Waals surface area contributed by atoms with Gasteiger partial charge in [0.1, 0.15) is 0 Å². The van der Waals surface area contributed by atoms with E-state index in [0.29, 0.717) is 42.7 Å². The molecule has 3 atom stereocenters. The number of amides is 3. The molecule has 1 saturated heterocycles. The number of nitrogens with one attached hydrogen (secondary N) is 1. The van der Waals surface area contributed by atoms with Crippen LogP contribution < -0.4 is 5.32 Å². The van der Waals surface area contributed by atoms with Crippen molar-refractivity contribution in [3.05, 3.63) is 70.2 Å². The number of rotatable bonds is 8. The van der Waals surface area contributed by atoms with Gasteiger partial charge in [-0.1, -0.05) is 74.2 Å². The third kappa shape index (κ3) is 7.74. The molecule has 46 heavy (non-hydrogen) atoms. The highest BCUT2D eigenvalue weighted by Gasteiger charge is 2.40. The van der Waals surface area contributed by atoms with Gasteiger partial charge in [0.15, 0.2) is 0 Å². The number of piperidine rings is 1. The zero-order valence-corrected chi connectivity index (χ0v) is 28.9. The Morgan fingerprint density at radius 3 is 2.15 bits per heavy atom. The lowest BCUT2D eigenvalue weighted by molar-refractivity contribution is -0.136. The number of fused-ring (bicyclic) bond motifs is 1. The average molecular weight is 648 g/mol. The van der Waals surface area contributed by atoms with E-state index >= 15 is 0 Å². The van der Waals surface area contributed by atoms with Crippen LogP contribution in [0.1, 0.15) is 87.8 Å². The number of carbonyl (C=O) groups is 2. The number of urea groups is 1. The van der Waals surface area contributed by atoms with E-state index in [1.165, 1.54) is 30.4 Å². The van der Waals surface area contributed by atoms with E-state index in [0.717, 1.165) is 63.6 Å². The van der Waals surface area contributed by atoms with Crippen LogP contribution in [0, 0.1) is 5.92 Å². The van der Waals surface area contributed by atoms with Crippen molar-refractivity contribution in [2.45, 2.75) is 121 Å². The maximum Gasteiger partial charge on any atom is 0.319 e. The monoisotopic (exact) mass is 647 g/mol. The van der Waals surface area contributed by atoms with Gasteiger partial charge in [0.2, 0.25) is 5.91 Å². The van der Waals surface area contributed by atoms with Gasteiger partial charge in [0, 0.05) is 69.5 Å². The minimum Gasteiger partial charge on any atom is -0.341 e. The number of benzene rings is 2. The van der Waals surface area contributed by atoms with E-state index in [1.54, 1.807) is 4.90 Å². The summed E-state index contributed by atoms with van der Waals surface area (Å²) in [6.07, 6.45) is 11.8. The van der Waals surface area contributed by atoms with Crippen molar-refractivity contribution in [3.8, 4) is 0 Å². The highest BCUT2D eigenvalue weighted by molar-refractivity contribution is 6.30. The predicted molar refractivity (Wildman–Crippen MR) is 186 cm³/mol. The van der Waals surface area contributed by atoms with Crippen molar-refractivity contribution in [1.29, 1.82) is 0 Å². The quantitative estimate of drug-likeness (QED) is 0.346. The van der Waals surface area contributed by atoms with Crippen LogP contribution in [0.4, 0.5) is 4.79 Å². The van der Waals surface area contributed by atoms with E-state index in [1.807, 2.05) is 26.2 Å². The molecule has 2 unspecified atom stereocenters. The third-order valence-electron chi connectivity index (χ3n) is 11.3. The largest absolute Gasteiger partial charge is 0.341 e. The summed E-state index contributed by atoms with van der Waals surface area (Å²) in [5.41, 5.74) is 4.08. The van der Waals surface area contributed by atoms with Gasteiger partial charge >= 0.3 is 6.03 Å². The second-order valence-electron chi connectivity index (χ2n) is 14.7. The number of halogens is 1. The number of hydrogen-bond acceptors (Lipinski definition) is 4. The molecule has 1 N–H and O–H groups in total. The van der Waals surface area contributed by atoms with E-state index in [2.05, 4.69) is 63.3 Å². The zero-order valence-electron chi connectivity index (χ0n) is 28.2. The van der Waals surface area contributed by atoms with Gasteiger partial charge in [-0.15, -0.1) is 0 Å². The molecule has 4 aliphatic rings. The minimum atomic E-state index is -0.277. The topological polar surface area (TPSA) is 59.1 Å². The molecule has 2 aromatic rings. The van der Waals surface area contributed by atoms with Crippen LogP contribution in [-0.2, 0) is 24.3 Å². The molecule has 250 valence electrons. The first-order valence-electron chi connectivity index (χ1n) is 17.9. The molecule has 0 bridgehead atoms. The van der Waals surface area contributed by atoms with E-state index in [9.17, 15) is 9.59 Å². The first-order chi connectivity index (χ1) is 22.3. The van der Waals surface area contributed by atoms with Gasteiger partial charge in [-0.2, -0.15) is 0 Å². The molecule has 7 nitrogen and oxygen atoms in total. The molecule has 2 heterocycles. The number of carbonyl (C=O) groups excluding carboxylic acids is 2. The zero-order chi connectivity index (χ0) is 32.2. The fourth-order valence-corrected chi connectivity index (χ4v) is 8.84. The highest BCUT2D eigenvalue weighted by Crippen LogP contribution is 2.33. The molecular formula is C38H54ClN5O2. The SMILES string of the molecule is CC1CN(C(=O)[C@H](Cc2ccc(Cl)cc2)NC2CCC(N3Cc4ccccc4C3)CC2)CCC1N(C(=O)N(C)C)C1CCCCC1. The van der Waals surface area contributed by atoms with Crippen LogP contribution in [0.5, 0.6) is 0 Å². The lowest BCUT2D eigenvalue weighted by Crippen LogP contribution is -2.60. The van der Waals surface area contributed by atoms with Gasteiger partial charge in [0.05, 0.1) is 6.04 Å². The van der Waals surface area contributed by atoms with Crippen molar-refractivity contribution >= 4 is 23.5 Å². The van der Waals surface area contributed by atoms with Gasteiger partial charge in [-0.25, -0.2) is 4.79 Å². The van der Waals surface area contributed by atoms with Crippen LogP contribution in [0.25, 0.3) is 0 Å². The predicted octanol–water partition coefficient (Wildman–Crippen LogP) is 6.72. The van der Waals surface area contributed by atoms with Crippen molar-refractivity contribution in [2.75, 3.05) is 27.2 Å². The molecule has 2 aromatic carbocycles. The van der Waals surface area contributed by atoms with Crippen LogP contribution in [0.3, 0.4) is 0 Å². The van der Waals surface area contributed by atoms with Crippen molar-refractivity contribution in [3.63, 3.8) is 0 Å². The molecule has 2 saturated carbocycles. The summed E-state index contributed by atoms with van der Waals surface area (Å²) >= 11 is 6.21. The van der Waals surface area contributed by atoms with Crippen LogP contribution in [0.15, 0.2) is 48.5 Å². The van der Waals surface area contributed by atoms with Gasteiger partial charge in [0.25, 0.3) is 0 Å². The molecule has 0 aromatic heterocycles. The summed E-state index contributed by atoms with van der Waals surface area (Å²) in [7, 11) is 3.73. The average Bonchev–Trinajstić information content (AvgIpc) is 3.51. The molecule has 8 heteroatoms. The molecule has 3 amide bonds. The smallest absolute Gasteiger partial charge is 0.319 e. The van der Waals surface area contributed by atoms with Gasteiger partial charge < -0.3 is 20.0 Å². The molecule has 2 aliphatic carbocycles. The molecule has 2 aliphatic heterocycles. The van der Waals surface area contributed by atoms with Gasteiger partial charge in [-0.05, 0) is 86.1 Å². The third-order valence-corrected chi connectivity index (χ3v) is 11.5. The Hall–Kier alpha value is -2.61. The lowest BCUT2D eigenvalue weighted by atomic mass is 9.87. The Morgan fingerprint density at radius 1 is 0.891 bits per heavy atom. The molecule has 0 spiro atoms. The van der Waals surface area contributed by atoms with Crippen molar-refractivity contribution < 1.29 is 9.59 Å². The van der Waals surface area contributed by atoms with Crippen LogP contribution in [-0.4, -0.2) is 88.9 Å². The van der Waals surface area contributed by atoms with Gasteiger partial charge in [-0.3, -0.25) is 9.69 Å². The Bertz CT molecular complexity index is 1300. The lowest BCUT2D eigenvalue weighted by Gasteiger charge is -2.48. The standard InChI is InChI=1S/C38H54ClN5O2/c1-27-24-42(22-21-36(27)44(38(46)41(2)3)34-11-5-4-6-12-34)37(45)35(23-28-13-15-31(39)16-14-28)40-32-17-19-33(20-18-32)43-25-29-9-7-8-10-30(29)26-43/h7-10,13-16,27,32-36,40H,4-6,11-12,17-26H2,1-3H3/t27?,32?,33?,35-,36?/m0/s1. The van der Waals surface area contributed by atoms with E-state index in [-0.39, 0.29) is 29.9 Å². The summed E-state index contributed by atoms with van der Waals surface area (Å²) in [4.78, 5) is 36.5. The summed E-state index contributed by atoms with van der Waals surface area (Å²) in [6, 6.07) is 18.1. The summed E-state index contributed by atoms with van der Waals surface area (Å²) in [6.45, 7) is 5.74. The molecular weight excluding hydrogens is 594 g/mol. The number of likely N-dealkylation sites (tertiary alicyclic amines) is 1. The minimum absolute atomic E-state index is 0.124. The molecule has 6 rings (SSSR count). The Balaban J connectivity index is 1.10. The fourth-order valence-electron chi connectivity index (χ4n) is 8.71. The molecule has 0 radical (unpaired) electrons. The summed E-state index contributed by atoms with van der Waals surface area (Å²) in [5.74, 6) is 0.417. The number of nitrogens with zero attached hydrogens (tertiary/aromatic N) is 4. The summed E-state index contributed by atoms with van der Waals surface area (Å²) in [5, 5.41) is 4.58. The van der Waals surface area contributed by atoms with Crippen molar-refractivity contribution in [2.24, 2.45) is 5.92 Å². The maximum atomic E-state index is 14.3. The Labute approximate surface area is 281 Å². The first kappa shape index (κ1) is 33.3. The fraction of sp³-hybridized carbons (Fsp3) is 0.632. The second kappa shape index (κ2) is 15.1. The Morgan fingerprint density at radius 2 is 1.54 bits per heavy atom. The summed E-state index contributed by atoms with van der Waals surface area (Å²) < 4.78 is 0.